The number of nitro groups is 1. The SMILES string of the molecule is CS(=O)c1ccc(Oc2ccc(C(F)(F)F)cc2[N+](=O)[O-])cc1. The minimum absolute atomic E-state index is 0.182. The molecule has 122 valence electrons. The van der Waals surface area contributed by atoms with Crippen LogP contribution in [0.15, 0.2) is 47.4 Å². The molecule has 2 aromatic rings. The van der Waals surface area contributed by atoms with Gasteiger partial charge in [-0.25, -0.2) is 0 Å². The van der Waals surface area contributed by atoms with E-state index in [4.69, 9.17) is 4.74 Å². The molecule has 9 heteroatoms. The number of halogens is 3. The average molecular weight is 345 g/mol. The molecule has 0 radical (unpaired) electrons. The molecule has 0 aliphatic carbocycles. The van der Waals surface area contributed by atoms with Crippen LogP contribution in [0.3, 0.4) is 0 Å². The Hall–Kier alpha value is -2.42. The van der Waals surface area contributed by atoms with Gasteiger partial charge in [0, 0.05) is 28.0 Å². The van der Waals surface area contributed by atoms with E-state index in [0.29, 0.717) is 17.0 Å². The second kappa shape index (κ2) is 6.37. The van der Waals surface area contributed by atoms with Crippen LogP contribution in [-0.2, 0) is 17.0 Å². The second-order valence-electron chi connectivity index (χ2n) is 4.46. The van der Waals surface area contributed by atoms with Crippen molar-refractivity contribution in [2.24, 2.45) is 0 Å². The fraction of sp³-hybridized carbons (Fsp3) is 0.143. The Bertz CT molecular complexity index is 760. The zero-order valence-corrected chi connectivity index (χ0v) is 12.5. The fourth-order valence-electron chi connectivity index (χ4n) is 1.75. The lowest BCUT2D eigenvalue weighted by Gasteiger charge is -2.10. The molecule has 0 aliphatic rings. The van der Waals surface area contributed by atoms with Crippen LogP contribution in [0.25, 0.3) is 0 Å². The largest absolute Gasteiger partial charge is 0.450 e. The van der Waals surface area contributed by atoms with E-state index < -0.39 is 33.2 Å². The van der Waals surface area contributed by atoms with E-state index in [0.717, 1.165) is 6.07 Å². The molecule has 0 aliphatic heterocycles. The van der Waals surface area contributed by atoms with Crippen molar-refractivity contribution in [1.82, 2.24) is 0 Å². The highest BCUT2D eigenvalue weighted by Crippen LogP contribution is 2.37. The lowest BCUT2D eigenvalue weighted by molar-refractivity contribution is -0.385. The maximum absolute atomic E-state index is 12.6. The lowest BCUT2D eigenvalue weighted by Crippen LogP contribution is -2.06. The van der Waals surface area contributed by atoms with Crippen LogP contribution in [0, 0.1) is 10.1 Å². The number of ether oxygens (including phenoxy) is 1. The number of nitrogens with zero attached hydrogens (tertiary/aromatic N) is 1. The van der Waals surface area contributed by atoms with Gasteiger partial charge in [0.25, 0.3) is 0 Å². The summed E-state index contributed by atoms with van der Waals surface area (Å²) in [4.78, 5) is 10.5. The third-order valence-corrected chi connectivity index (χ3v) is 3.80. The number of hydrogen-bond donors (Lipinski definition) is 0. The zero-order chi connectivity index (χ0) is 17.2. The standard InChI is InChI=1S/C14H10F3NO4S/c1-23(21)11-5-3-10(4-6-11)22-13-7-2-9(14(15,16)17)8-12(13)18(19)20/h2-8H,1H3. The smallest absolute Gasteiger partial charge is 0.416 e. The molecule has 0 fully saturated rings. The average Bonchev–Trinajstić information content (AvgIpc) is 2.46. The van der Waals surface area contributed by atoms with Crippen molar-refractivity contribution < 1.29 is 27.0 Å². The van der Waals surface area contributed by atoms with Crippen molar-refractivity contribution >= 4 is 16.5 Å². The quantitative estimate of drug-likeness (QED) is 0.617. The summed E-state index contributed by atoms with van der Waals surface area (Å²) in [5, 5.41) is 11.0. The first-order chi connectivity index (χ1) is 10.7. The van der Waals surface area contributed by atoms with Crippen LogP contribution < -0.4 is 4.74 Å². The molecule has 5 nitrogen and oxygen atoms in total. The third-order valence-electron chi connectivity index (χ3n) is 2.87. The van der Waals surface area contributed by atoms with Gasteiger partial charge >= 0.3 is 11.9 Å². The van der Waals surface area contributed by atoms with Crippen molar-refractivity contribution in [3.8, 4) is 11.5 Å². The van der Waals surface area contributed by atoms with Crippen LogP contribution in [-0.4, -0.2) is 15.4 Å². The topological polar surface area (TPSA) is 69.4 Å². The zero-order valence-electron chi connectivity index (χ0n) is 11.7. The van der Waals surface area contributed by atoms with Crippen LogP contribution in [0.4, 0.5) is 18.9 Å². The summed E-state index contributed by atoms with van der Waals surface area (Å²) < 4.78 is 54.4. The number of alkyl halides is 3. The second-order valence-corrected chi connectivity index (χ2v) is 5.84. The van der Waals surface area contributed by atoms with Gasteiger partial charge in [0.15, 0.2) is 0 Å². The maximum Gasteiger partial charge on any atom is 0.416 e. The van der Waals surface area contributed by atoms with Crippen LogP contribution in [0.2, 0.25) is 0 Å². The van der Waals surface area contributed by atoms with E-state index in [-0.39, 0.29) is 11.5 Å². The van der Waals surface area contributed by atoms with Crippen LogP contribution >= 0.6 is 0 Å². The summed E-state index contributed by atoms with van der Waals surface area (Å²) in [6.45, 7) is 0. The molecule has 0 amide bonds. The van der Waals surface area contributed by atoms with Gasteiger partial charge in [0.05, 0.1) is 10.5 Å². The van der Waals surface area contributed by atoms with Crippen molar-refractivity contribution in [2.75, 3.05) is 6.26 Å². The normalized spacial score (nSPS) is 12.7. The van der Waals surface area contributed by atoms with Crippen LogP contribution in [0.5, 0.6) is 11.5 Å². The first-order valence-corrected chi connectivity index (χ1v) is 7.71. The summed E-state index contributed by atoms with van der Waals surface area (Å²) in [7, 11) is -1.20. The molecule has 0 saturated carbocycles. The number of rotatable bonds is 4. The van der Waals surface area contributed by atoms with Gasteiger partial charge in [-0.05, 0) is 36.4 Å². The fourth-order valence-corrected chi connectivity index (χ4v) is 2.27. The Morgan fingerprint density at radius 2 is 1.74 bits per heavy atom. The Balaban J connectivity index is 2.35. The maximum atomic E-state index is 12.6. The predicted molar refractivity (Wildman–Crippen MR) is 76.9 cm³/mol. The monoisotopic (exact) mass is 345 g/mol. The molecule has 0 saturated heterocycles. The molecule has 0 heterocycles. The van der Waals surface area contributed by atoms with Crippen molar-refractivity contribution in [3.63, 3.8) is 0 Å². The molecule has 23 heavy (non-hydrogen) atoms. The van der Waals surface area contributed by atoms with Crippen LogP contribution in [0.1, 0.15) is 5.56 Å². The summed E-state index contributed by atoms with van der Waals surface area (Å²) in [5.41, 5.74) is -1.92. The molecule has 0 aromatic heterocycles. The molecule has 1 atom stereocenters. The molecule has 0 N–H and O–H groups in total. The molecule has 2 aromatic carbocycles. The van der Waals surface area contributed by atoms with E-state index in [1.54, 1.807) is 0 Å². The number of nitro benzene ring substituents is 1. The van der Waals surface area contributed by atoms with E-state index in [2.05, 4.69) is 0 Å². The van der Waals surface area contributed by atoms with Gasteiger partial charge in [0.1, 0.15) is 5.75 Å². The highest BCUT2D eigenvalue weighted by molar-refractivity contribution is 7.84. The molecule has 1 unspecified atom stereocenters. The van der Waals surface area contributed by atoms with Crippen molar-refractivity contribution in [3.05, 3.63) is 58.1 Å². The van der Waals surface area contributed by atoms with E-state index in [1.807, 2.05) is 0 Å². The molecule has 0 bridgehead atoms. The molecule has 2 rings (SSSR count). The molecular formula is C14H10F3NO4S. The van der Waals surface area contributed by atoms with Gasteiger partial charge in [0.2, 0.25) is 5.75 Å². The molecular weight excluding hydrogens is 335 g/mol. The number of benzene rings is 2. The first kappa shape index (κ1) is 16.9. The first-order valence-electron chi connectivity index (χ1n) is 6.15. The Morgan fingerprint density at radius 1 is 1.13 bits per heavy atom. The Morgan fingerprint density at radius 3 is 2.22 bits per heavy atom. The van der Waals surface area contributed by atoms with E-state index >= 15 is 0 Å². The van der Waals surface area contributed by atoms with Gasteiger partial charge in [-0.3, -0.25) is 14.3 Å². The summed E-state index contributed by atoms with van der Waals surface area (Å²) in [5.74, 6) is -0.129. The van der Waals surface area contributed by atoms with Crippen molar-refractivity contribution in [1.29, 1.82) is 0 Å². The number of hydrogen-bond acceptors (Lipinski definition) is 4. The van der Waals surface area contributed by atoms with Gasteiger partial charge in [-0.1, -0.05) is 0 Å². The van der Waals surface area contributed by atoms with Crippen molar-refractivity contribution in [2.45, 2.75) is 11.1 Å². The summed E-state index contributed by atoms with van der Waals surface area (Å²) >= 11 is 0. The minimum Gasteiger partial charge on any atom is -0.450 e. The Kier molecular flexibility index (Phi) is 4.69. The summed E-state index contributed by atoms with van der Waals surface area (Å²) in [6, 6.07) is 7.88. The third kappa shape index (κ3) is 4.07. The van der Waals surface area contributed by atoms with E-state index in [1.165, 1.54) is 30.5 Å². The predicted octanol–water partition coefficient (Wildman–Crippen LogP) is 4.14. The van der Waals surface area contributed by atoms with Gasteiger partial charge in [-0.2, -0.15) is 13.2 Å². The molecule has 0 spiro atoms. The highest BCUT2D eigenvalue weighted by atomic mass is 32.2. The minimum atomic E-state index is -4.68. The Labute approximate surface area is 131 Å². The lowest BCUT2D eigenvalue weighted by atomic mass is 10.2. The van der Waals surface area contributed by atoms with Gasteiger partial charge < -0.3 is 4.74 Å². The van der Waals surface area contributed by atoms with Gasteiger partial charge in [-0.15, -0.1) is 0 Å². The van der Waals surface area contributed by atoms with E-state index in [9.17, 15) is 27.5 Å². The highest BCUT2D eigenvalue weighted by Gasteiger charge is 2.33. The summed E-state index contributed by atoms with van der Waals surface area (Å²) in [6.07, 6.45) is -3.20.